The van der Waals surface area contributed by atoms with Crippen molar-refractivity contribution in [1.82, 2.24) is 9.88 Å². The molecule has 2 amide bonds. The maximum absolute atomic E-state index is 12.3. The number of phenols is 1. The van der Waals surface area contributed by atoms with Gasteiger partial charge in [-0.2, -0.15) is 0 Å². The summed E-state index contributed by atoms with van der Waals surface area (Å²) in [6.07, 6.45) is 0. The third-order valence-electron chi connectivity index (χ3n) is 3.89. The number of amides is 2. The summed E-state index contributed by atoms with van der Waals surface area (Å²) in [6.45, 7) is 4.63. The Balaban J connectivity index is 1.57. The van der Waals surface area contributed by atoms with Crippen LogP contribution in [-0.2, 0) is 0 Å². The van der Waals surface area contributed by atoms with Gasteiger partial charge in [0, 0.05) is 43.6 Å². The van der Waals surface area contributed by atoms with Crippen LogP contribution in [0.25, 0.3) is 0 Å². The van der Waals surface area contributed by atoms with Gasteiger partial charge in [-0.25, -0.2) is 9.78 Å². The molecule has 0 aliphatic carbocycles. The zero-order chi connectivity index (χ0) is 16.2. The van der Waals surface area contributed by atoms with Gasteiger partial charge in [0.2, 0.25) is 0 Å². The van der Waals surface area contributed by atoms with E-state index in [4.69, 9.17) is 0 Å². The van der Waals surface area contributed by atoms with Crippen molar-refractivity contribution in [1.29, 1.82) is 0 Å². The molecular weight excluding hydrogens is 292 g/mol. The van der Waals surface area contributed by atoms with Crippen LogP contribution in [0.15, 0.2) is 42.5 Å². The Morgan fingerprint density at radius 2 is 1.87 bits per heavy atom. The largest absolute Gasteiger partial charge is 0.508 e. The number of nitrogens with one attached hydrogen (secondary N) is 1. The molecule has 0 bridgehead atoms. The fourth-order valence-corrected chi connectivity index (χ4v) is 2.66. The van der Waals surface area contributed by atoms with Crippen LogP contribution in [0.1, 0.15) is 5.69 Å². The molecule has 3 rings (SSSR count). The predicted octanol–water partition coefficient (Wildman–Crippen LogP) is 2.45. The summed E-state index contributed by atoms with van der Waals surface area (Å²) in [5, 5.41) is 12.4. The molecule has 1 aromatic carbocycles. The van der Waals surface area contributed by atoms with Gasteiger partial charge in [-0.3, -0.25) is 5.32 Å². The summed E-state index contributed by atoms with van der Waals surface area (Å²) in [7, 11) is 0. The molecule has 1 aromatic heterocycles. The van der Waals surface area contributed by atoms with Crippen LogP contribution in [0.5, 0.6) is 5.75 Å². The van der Waals surface area contributed by atoms with Crippen LogP contribution in [0, 0.1) is 6.92 Å². The molecule has 6 heteroatoms. The SMILES string of the molecule is Cc1cccc(NC(=O)N2CCN(c3cccc(O)c3)CC2)n1. The van der Waals surface area contributed by atoms with Crippen molar-refractivity contribution in [2.24, 2.45) is 0 Å². The molecule has 0 unspecified atom stereocenters. The summed E-state index contributed by atoms with van der Waals surface area (Å²) in [5.74, 6) is 0.832. The van der Waals surface area contributed by atoms with Crippen LogP contribution in [0.4, 0.5) is 16.3 Å². The van der Waals surface area contributed by atoms with E-state index in [0.717, 1.165) is 24.5 Å². The number of urea groups is 1. The van der Waals surface area contributed by atoms with E-state index in [-0.39, 0.29) is 11.8 Å². The lowest BCUT2D eigenvalue weighted by molar-refractivity contribution is 0.208. The molecule has 23 heavy (non-hydrogen) atoms. The lowest BCUT2D eigenvalue weighted by Gasteiger charge is -2.36. The first kappa shape index (κ1) is 15.1. The van der Waals surface area contributed by atoms with Gasteiger partial charge in [-0.1, -0.05) is 12.1 Å². The number of carbonyl (C=O) groups is 1. The first-order valence-corrected chi connectivity index (χ1v) is 7.65. The molecule has 120 valence electrons. The van der Waals surface area contributed by atoms with E-state index in [2.05, 4.69) is 15.2 Å². The number of rotatable bonds is 2. The van der Waals surface area contributed by atoms with Crippen molar-refractivity contribution in [3.05, 3.63) is 48.2 Å². The summed E-state index contributed by atoms with van der Waals surface area (Å²) >= 11 is 0. The number of benzene rings is 1. The highest BCUT2D eigenvalue weighted by molar-refractivity contribution is 5.88. The molecular formula is C17H20N4O2. The number of pyridine rings is 1. The Bertz CT molecular complexity index is 696. The van der Waals surface area contributed by atoms with E-state index in [9.17, 15) is 9.90 Å². The Morgan fingerprint density at radius 3 is 2.57 bits per heavy atom. The number of phenolic OH excluding ortho intramolecular Hbond substituents is 1. The Kier molecular flexibility index (Phi) is 4.32. The molecule has 2 heterocycles. The van der Waals surface area contributed by atoms with E-state index < -0.39 is 0 Å². The monoisotopic (exact) mass is 312 g/mol. The minimum absolute atomic E-state index is 0.126. The number of carbonyl (C=O) groups excluding carboxylic acids is 1. The Hall–Kier alpha value is -2.76. The summed E-state index contributed by atoms with van der Waals surface area (Å²) in [5.41, 5.74) is 1.85. The number of aromatic nitrogens is 1. The number of piperazine rings is 1. The molecule has 1 aliphatic heterocycles. The van der Waals surface area contributed by atoms with E-state index >= 15 is 0 Å². The third-order valence-corrected chi connectivity index (χ3v) is 3.89. The summed E-state index contributed by atoms with van der Waals surface area (Å²) in [6, 6.07) is 12.6. The molecule has 6 nitrogen and oxygen atoms in total. The maximum atomic E-state index is 12.3. The molecule has 0 saturated carbocycles. The van der Waals surface area contributed by atoms with Gasteiger partial charge in [0.15, 0.2) is 0 Å². The Morgan fingerprint density at radius 1 is 1.13 bits per heavy atom. The van der Waals surface area contributed by atoms with Crippen LogP contribution in [-0.4, -0.2) is 47.2 Å². The van der Waals surface area contributed by atoms with Crippen molar-refractivity contribution < 1.29 is 9.90 Å². The van der Waals surface area contributed by atoms with E-state index in [1.165, 1.54) is 0 Å². The first-order chi connectivity index (χ1) is 11.1. The smallest absolute Gasteiger partial charge is 0.323 e. The molecule has 2 N–H and O–H groups in total. The second-order valence-electron chi connectivity index (χ2n) is 5.59. The van der Waals surface area contributed by atoms with Crippen LogP contribution < -0.4 is 10.2 Å². The number of anilines is 2. The van der Waals surface area contributed by atoms with Gasteiger partial charge >= 0.3 is 6.03 Å². The van der Waals surface area contributed by atoms with Crippen molar-refractivity contribution in [3.8, 4) is 5.75 Å². The van der Waals surface area contributed by atoms with Crippen molar-refractivity contribution in [2.75, 3.05) is 36.4 Å². The lowest BCUT2D eigenvalue weighted by Crippen LogP contribution is -2.50. The van der Waals surface area contributed by atoms with Gasteiger partial charge < -0.3 is 14.9 Å². The molecule has 1 saturated heterocycles. The zero-order valence-corrected chi connectivity index (χ0v) is 13.1. The molecule has 0 radical (unpaired) electrons. The van der Waals surface area contributed by atoms with Crippen molar-refractivity contribution in [3.63, 3.8) is 0 Å². The average Bonchev–Trinajstić information content (AvgIpc) is 2.55. The van der Waals surface area contributed by atoms with Gasteiger partial charge in [0.05, 0.1) is 0 Å². The number of hydrogen-bond donors (Lipinski definition) is 2. The highest BCUT2D eigenvalue weighted by Gasteiger charge is 2.21. The molecule has 1 fully saturated rings. The minimum Gasteiger partial charge on any atom is -0.508 e. The number of aromatic hydroxyl groups is 1. The zero-order valence-electron chi connectivity index (χ0n) is 13.1. The highest BCUT2D eigenvalue weighted by Crippen LogP contribution is 2.21. The number of hydrogen-bond acceptors (Lipinski definition) is 4. The minimum atomic E-state index is -0.126. The molecule has 2 aromatic rings. The van der Waals surface area contributed by atoms with E-state index in [1.807, 2.05) is 31.2 Å². The van der Waals surface area contributed by atoms with Crippen molar-refractivity contribution >= 4 is 17.5 Å². The van der Waals surface area contributed by atoms with E-state index in [0.29, 0.717) is 18.9 Å². The summed E-state index contributed by atoms with van der Waals surface area (Å²) in [4.78, 5) is 20.5. The first-order valence-electron chi connectivity index (χ1n) is 7.65. The number of nitrogens with zero attached hydrogens (tertiary/aromatic N) is 3. The fraction of sp³-hybridized carbons (Fsp3) is 0.294. The maximum Gasteiger partial charge on any atom is 0.323 e. The van der Waals surface area contributed by atoms with E-state index in [1.54, 1.807) is 23.1 Å². The predicted molar refractivity (Wildman–Crippen MR) is 89.9 cm³/mol. The van der Waals surface area contributed by atoms with Gasteiger partial charge in [0.1, 0.15) is 11.6 Å². The topological polar surface area (TPSA) is 68.7 Å². The second kappa shape index (κ2) is 6.56. The standard InChI is InChI=1S/C17H20N4O2/c1-13-4-2-7-16(18-13)19-17(23)21-10-8-20(9-11-21)14-5-3-6-15(22)12-14/h2-7,12,22H,8-11H2,1H3,(H,18,19,23). The normalized spacial score (nSPS) is 14.7. The van der Waals surface area contributed by atoms with Gasteiger partial charge in [-0.05, 0) is 31.2 Å². The van der Waals surface area contributed by atoms with Crippen LogP contribution in [0.2, 0.25) is 0 Å². The second-order valence-corrected chi connectivity index (χ2v) is 5.59. The Labute approximate surface area is 135 Å². The van der Waals surface area contributed by atoms with Gasteiger partial charge in [0.25, 0.3) is 0 Å². The van der Waals surface area contributed by atoms with Gasteiger partial charge in [-0.15, -0.1) is 0 Å². The molecule has 1 aliphatic rings. The number of aryl methyl sites for hydroxylation is 1. The third kappa shape index (κ3) is 3.71. The lowest BCUT2D eigenvalue weighted by atomic mass is 10.2. The quantitative estimate of drug-likeness (QED) is 0.894. The van der Waals surface area contributed by atoms with Crippen LogP contribution in [0.3, 0.4) is 0 Å². The average molecular weight is 312 g/mol. The van der Waals surface area contributed by atoms with Crippen molar-refractivity contribution in [2.45, 2.75) is 6.92 Å². The molecule has 0 atom stereocenters. The molecule has 0 spiro atoms. The van der Waals surface area contributed by atoms with Crippen LogP contribution >= 0.6 is 0 Å². The summed E-state index contributed by atoms with van der Waals surface area (Å²) < 4.78 is 0. The highest BCUT2D eigenvalue weighted by atomic mass is 16.3. The fourth-order valence-electron chi connectivity index (χ4n) is 2.66.